The summed E-state index contributed by atoms with van der Waals surface area (Å²) in [6, 6.07) is 10.3. The van der Waals surface area contributed by atoms with Gasteiger partial charge in [0, 0.05) is 35.1 Å². The van der Waals surface area contributed by atoms with Crippen molar-refractivity contribution in [2.45, 2.75) is 59.4 Å². The van der Waals surface area contributed by atoms with E-state index < -0.39 is 0 Å². The van der Waals surface area contributed by atoms with Crippen LogP contribution < -0.4 is 20.4 Å². The summed E-state index contributed by atoms with van der Waals surface area (Å²) in [7, 11) is 1.67. The molecule has 0 saturated carbocycles. The molecule has 0 radical (unpaired) electrons. The number of amides is 1. The monoisotopic (exact) mass is 436 g/mol. The van der Waals surface area contributed by atoms with Crippen LogP contribution >= 0.6 is 0 Å². The molecule has 0 fully saturated rings. The van der Waals surface area contributed by atoms with Crippen molar-refractivity contribution >= 4 is 23.5 Å². The van der Waals surface area contributed by atoms with Crippen LogP contribution in [0.15, 0.2) is 35.4 Å². The maximum absolute atomic E-state index is 12.2. The number of nitrogens with one attached hydrogen (secondary N) is 2. The summed E-state index contributed by atoms with van der Waals surface area (Å²) < 4.78 is 5.65. The zero-order chi connectivity index (χ0) is 23.5. The van der Waals surface area contributed by atoms with Crippen molar-refractivity contribution in [3.05, 3.63) is 52.6 Å². The molecule has 2 aromatic rings. The van der Waals surface area contributed by atoms with Crippen LogP contribution in [0.25, 0.3) is 0 Å². The van der Waals surface area contributed by atoms with Crippen LogP contribution in [0.4, 0.5) is 11.4 Å². The molecule has 0 saturated heterocycles. The lowest BCUT2D eigenvalue weighted by Crippen LogP contribution is -2.48. The third-order valence-electron chi connectivity index (χ3n) is 6.41. The van der Waals surface area contributed by atoms with E-state index in [1.54, 1.807) is 13.3 Å². The molecule has 0 bridgehead atoms. The van der Waals surface area contributed by atoms with Gasteiger partial charge in [0.2, 0.25) is 0 Å². The smallest absolute Gasteiger partial charge is 0.259 e. The molecule has 1 aliphatic heterocycles. The van der Waals surface area contributed by atoms with Crippen molar-refractivity contribution in [1.82, 2.24) is 5.43 Å². The summed E-state index contributed by atoms with van der Waals surface area (Å²) in [6.45, 7) is 14.2. The number of carbonyl (C=O) groups excluding carboxylic acids is 1. The number of hydrogen-bond donors (Lipinski definition) is 2. The molecule has 0 aliphatic carbocycles. The number of hydrogen-bond acceptors (Lipinski definition) is 5. The fourth-order valence-electron chi connectivity index (χ4n) is 4.65. The van der Waals surface area contributed by atoms with E-state index in [9.17, 15) is 4.79 Å². The molecular weight excluding hydrogens is 400 g/mol. The molecule has 6 heteroatoms. The Kier molecular flexibility index (Phi) is 7.12. The standard InChI is InChI=1S/C26H36N4O2/c1-8-30-23-13-24(32-7)20(12-22(23)19(4)14-26(30,5)6)15-28-29-25(31)16-27-21-10-9-17(2)18(3)11-21/h9-13,15,19,27H,8,14,16H2,1-7H3,(H,29,31)/b28-15-. The summed E-state index contributed by atoms with van der Waals surface area (Å²) in [4.78, 5) is 14.7. The summed E-state index contributed by atoms with van der Waals surface area (Å²) in [6.07, 6.45) is 2.74. The fraction of sp³-hybridized carbons (Fsp3) is 0.462. The Labute approximate surface area is 192 Å². The van der Waals surface area contributed by atoms with Crippen molar-refractivity contribution in [2.75, 3.05) is 30.4 Å². The SMILES string of the molecule is CCN1c2cc(OC)c(/C=N\NC(=O)CNc3ccc(C)c(C)c3)cc2C(C)CC1(C)C. The van der Waals surface area contributed by atoms with Gasteiger partial charge in [-0.1, -0.05) is 13.0 Å². The van der Waals surface area contributed by atoms with Crippen molar-refractivity contribution in [2.24, 2.45) is 5.10 Å². The topological polar surface area (TPSA) is 66.0 Å². The highest BCUT2D eigenvalue weighted by atomic mass is 16.5. The lowest BCUT2D eigenvalue weighted by molar-refractivity contribution is -0.119. The van der Waals surface area contributed by atoms with Crippen LogP contribution in [-0.4, -0.2) is 37.9 Å². The highest BCUT2D eigenvalue weighted by molar-refractivity contribution is 5.88. The number of hydrazone groups is 1. The van der Waals surface area contributed by atoms with Crippen LogP contribution in [-0.2, 0) is 4.79 Å². The first kappa shape index (κ1) is 23.6. The molecule has 0 spiro atoms. The minimum Gasteiger partial charge on any atom is -0.496 e. The second-order valence-corrected chi connectivity index (χ2v) is 9.26. The van der Waals surface area contributed by atoms with Gasteiger partial charge in [0.25, 0.3) is 5.91 Å². The van der Waals surface area contributed by atoms with Crippen LogP contribution in [0.3, 0.4) is 0 Å². The summed E-state index contributed by atoms with van der Waals surface area (Å²) in [5.74, 6) is 0.972. The first-order valence-electron chi connectivity index (χ1n) is 11.3. The van der Waals surface area contributed by atoms with E-state index in [2.05, 4.69) is 74.4 Å². The van der Waals surface area contributed by atoms with Gasteiger partial charge < -0.3 is 15.0 Å². The van der Waals surface area contributed by atoms with Crippen molar-refractivity contribution < 1.29 is 9.53 Å². The Hall–Kier alpha value is -3.02. The van der Waals surface area contributed by atoms with Gasteiger partial charge in [0.1, 0.15) is 5.75 Å². The Morgan fingerprint density at radius 3 is 2.66 bits per heavy atom. The predicted octanol–water partition coefficient (Wildman–Crippen LogP) is 4.99. The van der Waals surface area contributed by atoms with Crippen LogP contribution in [0.5, 0.6) is 5.75 Å². The zero-order valence-electron chi connectivity index (χ0n) is 20.4. The van der Waals surface area contributed by atoms with Gasteiger partial charge in [0.15, 0.2) is 0 Å². The average molecular weight is 437 g/mol. The molecule has 2 N–H and O–H groups in total. The minimum absolute atomic E-state index is 0.0960. The zero-order valence-corrected chi connectivity index (χ0v) is 20.4. The number of rotatable bonds is 7. The van der Waals surface area contributed by atoms with Gasteiger partial charge in [-0.3, -0.25) is 4.79 Å². The number of benzene rings is 2. The quantitative estimate of drug-likeness (QED) is 0.474. The molecule has 6 nitrogen and oxygen atoms in total. The van der Waals surface area contributed by atoms with E-state index in [1.165, 1.54) is 22.4 Å². The van der Waals surface area contributed by atoms with Gasteiger partial charge in [-0.05, 0) is 81.8 Å². The first-order valence-corrected chi connectivity index (χ1v) is 11.3. The van der Waals surface area contributed by atoms with Gasteiger partial charge in [-0.25, -0.2) is 5.43 Å². The van der Waals surface area contributed by atoms with Crippen LogP contribution in [0.2, 0.25) is 0 Å². The largest absolute Gasteiger partial charge is 0.496 e. The first-order chi connectivity index (χ1) is 15.2. The molecule has 1 unspecified atom stereocenters. The number of methoxy groups -OCH3 is 1. The highest BCUT2D eigenvalue weighted by Crippen LogP contribution is 2.45. The maximum atomic E-state index is 12.2. The average Bonchev–Trinajstić information content (AvgIpc) is 2.74. The highest BCUT2D eigenvalue weighted by Gasteiger charge is 2.36. The maximum Gasteiger partial charge on any atom is 0.259 e. The molecular formula is C26H36N4O2. The van der Waals surface area contributed by atoms with Crippen LogP contribution in [0.1, 0.15) is 62.3 Å². The second kappa shape index (κ2) is 9.63. The molecule has 172 valence electrons. The van der Waals surface area contributed by atoms with Crippen LogP contribution in [0, 0.1) is 13.8 Å². The van der Waals surface area contributed by atoms with Gasteiger partial charge >= 0.3 is 0 Å². The Bertz CT molecular complexity index is 1010. The van der Waals surface area contributed by atoms with E-state index in [0.717, 1.165) is 30.0 Å². The Morgan fingerprint density at radius 1 is 1.25 bits per heavy atom. The molecule has 1 aliphatic rings. The molecule has 0 aromatic heterocycles. The third kappa shape index (κ3) is 5.06. The predicted molar refractivity (Wildman–Crippen MR) is 133 cm³/mol. The Balaban J connectivity index is 1.71. The fourth-order valence-corrected chi connectivity index (χ4v) is 4.65. The molecule has 3 rings (SSSR count). The van der Waals surface area contributed by atoms with E-state index in [4.69, 9.17) is 4.74 Å². The number of aryl methyl sites for hydroxylation is 2. The normalized spacial score (nSPS) is 17.2. The molecule has 1 amide bonds. The van der Waals surface area contributed by atoms with Crippen molar-refractivity contribution in [1.29, 1.82) is 0 Å². The summed E-state index contributed by atoms with van der Waals surface area (Å²) in [5.41, 5.74) is 9.39. The van der Waals surface area contributed by atoms with E-state index in [-0.39, 0.29) is 18.0 Å². The lowest BCUT2D eigenvalue weighted by atomic mass is 9.79. The minimum atomic E-state index is -0.205. The molecule has 32 heavy (non-hydrogen) atoms. The number of carbonyl (C=O) groups is 1. The van der Waals surface area contributed by atoms with E-state index in [0.29, 0.717) is 5.92 Å². The van der Waals surface area contributed by atoms with Gasteiger partial charge in [0.05, 0.1) is 19.9 Å². The molecule has 2 aromatic carbocycles. The Morgan fingerprint density at radius 2 is 2.00 bits per heavy atom. The molecule has 1 atom stereocenters. The number of anilines is 2. The summed E-state index contributed by atoms with van der Waals surface area (Å²) >= 11 is 0. The number of fused-ring (bicyclic) bond motifs is 1. The van der Waals surface area contributed by atoms with Crippen molar-refractivity contribution in [3.8, 4) is 5.75 Å². The van der Waals surface area contributed by atoms with Crippen molar-refractivity contribution in [3.63, 3.8) is 0 Å². The molecule has 1 heterocycles. The van der Waals surface area contributed by atoms with Gasteiger partial charge in [-0.15, -0.1) is 0 Å². The summed E-state index contributed by atoms with van der Waals surface area (Å²) in [5, 5.41) is 7.31. The van der Waals surface area contributed by atoms with E-state index in [1.807, 2.05) is 18.2 Å². The lowest BCUT2D eigenvalue weighted by Gasteiger charge is -2.47. The number of nitrogens with zero attached hydrogens (tertiary/aromatic N) is 2. The van der Waals surface area contributed by atoms with Gasteiger partial charge in [-0.2, -0.15) is 5.10 Å². The van der Waals surface area contributed by atoms with E-state index >= 15 is 0 Å². The second-order valence-electron chi connectivity index (χ2n) is 9.26. The number of ether oxygens (including phenoxy) is 1. The third-order valence-corrected chi connectivity index (χ3v) is 6.41.